The van der Waals surface area contributed by atoms with E-state index in [1.54, 1.807) is 12.1 Å². The maximum atomic E-state index is 13.8. The van der Waals surface area contributed by atoms with Crippen molar-refractivity contribution in [3.05, 3.63) is 39.9 Å². The fourth-order valence-corrected chi connectivity index (χ4v) is 13.8. The molecule has 0 bridgehead atoms. The van der Waals surface area contributed by atoms with E-state index in [9.17, 15) is 14.9 Å². The molecule has 4 saturated carbocycles. The number of nitrogens with zero attached hydrogens (tertiary/aromatic N) is 2. The minimum Gasteiger partial charge on any atom is -0.444 e. The molecule has 1 amide bonds. The Morgan fingerprint density at radius 2 is 1.71 bits per heavy atom. The van der Waals surface area contributed by atoms with E-state index in [2.05, 4.69) is 54.6 Å². The van der Waals surface area contributed by atoms with Crippen LogP contribution in [0, 0.1) is 56.5 Å². The molecule has 0 unspecified atom stereocenters. The summed E-state index contributed by atoms with van der Waals surface area (Å²) in [5.41, 5.74) is 0.807. The number of piperidine rings is 1. The number of ether oxygens (including phenoxy) is 2. The van der Waals surface area contributed by atoms with Gasteiger partial charge in [-0.15, -0.1) is 0 Å². The summed E-state index contributed by atoms with van der Waals surface area (Å²) in [6, 6.07) is 6.25. The van der Waals surface area contributed by atoms with Crippen LogP contribution in [0.1, 0.15) is 118 Å². The molecule has 1 spiro atoms. The molecule has 2 saturated heterocycles. The minimum absolute atomic E-state index is 0.0341. The van der Waals surface area contributed by atoms with Crippen molar-refractivity contribution in [3.63, 3.8) is 0 Å². The number of nitro benzene ring substituents is 1. The smallest absolute Gasteiger partial charge is 0.412 e. The highest BCUT2D eigenvalue weighted by Crippen LogP contribution is 2.71. The number of nitro groups is 1. The third-order valence-electron chi connectivity index (χ3n) is 15.9. The lowest BCUT2D eigenvalue weighted by molar-refractivity contribution is -0.384. The molecule has 2 heterocycles. The first-order chi connectivity index (χ1) is 23.0. The topological polar surface area (TPSA) is 91.1 Å². The summed E-state index contributed by atoms with van der Waals surface area (Å²) in [6.45, 7) is 20.3. The number of benzene rings is 1. The molecule has 6 fully saturated rings. The van der Waals surface area contributed by atoms with E-state index in [0.717, 1.165) is 49.0 Å². The highest BCUT2D eigenvalue weighted by atomic mass is 28.4. The zero-order valence-corrected chi connectivity index (χ0v) is 32.5. The van der Waals surface area contributed by atoms with Gasteiger partial charge in [0.05, 0.1) is 11.0 Å². The molecule has 0 aromatic heterocycles. The molecule has 8 nitrogen and oxygen atoms in total. The third-order valence-corrected chi connectivity index (χ3v) is 20.5. The van der Waals surface area contributed by atoms with Crippen LogP contribution in [-0.4, -0.2) is 48.7 Å². The van der Waals surface area contributed by atoms with Crippen LogP contribution >= 0.6 is 0 Å². The molecule has 49 heavy (non-hydrogen) atoms. The van der Waals surface area contributed by atoms with Crippen LogP contribution < -0.4 is 0 Å². The Bertz CT molecular complexity index is 1430. The maximum Gasteiger partial charge on any atom is 0.412 e. The van der Waals surface area contributed by atoms with Gasteiger partial charge in [0, 0.05) is 30.7 Å². The molecule has 6 aliphatic rings. The van der Waals surface area contributed by atoms with Gasteiger partial charge in [-0.2, -0.15) is 0 Å². The summed E-state index contributed by atoms with van der Waals surface area (Å²) in [5.74, 6) is 3.71. The van der Waals surface area contributed by atoms with Gasteiger partial charge in [-0.25, -0.2) is 4.79 Å². The molecule has 7 rings (SSSR count). The Morgan fingerprint density at radius 3 is 2.41 bits per heavy atom. The number of likely N-dealkylation sites (tertiary alicyclic amines) is 1. The summed E-state index contributed by atoms with van der Waals surface area (Å²) in [6.07, 6.45) is 13.3. The Kier molecular flexibility index (Phi) is 8.91. The standard InChI is InChI=1S/C40H62N2O6Si/c1-26-35-34(47-40(26)19-9-10-22-41(40)36(43)46-25-27-11-14-29(15-12-27)42(44)45)24-33-31-16-13-28-23-30(48-49(7,8)37(2,3)4)17-20-38(28,5)32(31)18-21-39(33,35)6/h11-12,14-15,26,28,30-35H,9-10,13,16-25H2,1-8H3/t26-,28-,30-,31+,32-,33-,34-,35-,38-,39-,40-/m0/s1. The van der Waals surface area contributed by atoms with Crippen molar-refractivity contribution in [3.8, 4) is 0 Å². The van der Waals surface area contributed by atoms with E-state index in [-0.39, 0.29) is 40.9 Å². The number of carbonyl (C=O) groups is 1. The predicted molar refractivity (Wildman–Crippen MR) is 193 cm³/mol. The van der Waals surface area contributed by atoms with Crippen molar-refractivity contribution in [2.45, 2.75) is 155 Å². The second-order valence-corrected chi connectivity index (χ2v) is 23.9. The van der Waals surface area contributed by atoms with Gasteiger partial charge in [0.15, 0.2) is 8.32 Å². The zero-order valence-electron chi connectivity index (χ0n) is 31.5. The molecule has 0 radical (unpaired) electrons. The van der Waals surface area contributed by atoms with Crippen molar-refractivity contribution < 1.29 is 23.6 Å². The summed E-state index contributed by atoms with van der Waals surface area (Å²) in [5, 5.41) is 11.3. The van der Waals surface area contributed by atoms with E-state index < -0.39 is 19.0 Å². The third kappa shape index (κ3) is 5.71. The molecule has 1 aromatic rings. The van der Waals surface area contributed by atoms with Crippen LogP contribution in [0.25, 0.3) is 0 Å². The first-order valence-electron chi connectivity index (χ1n) is 19.5. The molecule has 0 N–H and O–H groups in total. The number of hydrogen-bond donors (Lipinski definition) is 0. The molecule has 1 aromatic carbocycles. The second-order valence-electron chi connectivity index (χ2n) is 19.1. The van der Waals surface area contributed by atoms with Crippen molar-refractivity contribution in [2.24, 2.45) is 46.3 Å². The van der Waals surface area contributed by atoms with Crippen LogP contribution in [-0.2, 0) is 20.5 Å². The Labute approximate surface area is 295 Å². The van der Waals surface area contributed by atoms with Crippen LogP contribution in [0.2, 0.25) is 18.1 Å². The number of hydrogen-bond acceptors (Lipinski definition) is 6. The molecule has 9 heteroatoms. The van der Waals surface area contributed by atoms with E-state index in [1.165, 1.54) is 57.1 Å². The number of rotatable bonds is 5. The van der Waals surface area contributed by atoms with E-state index in [0.29, 0.717) is 29.9 Å². The average Bonchev–Trinajstić information content (AvgIpc) is 3.49. The summed E-state index contributed by atoms with van der Waals surface area (Å²) in [4.78, 5) is 26.3. The quantitative estimate of drug-likeness (QED) is 0.173. The minimum atomic E-state index is -1.78. The second kappa shape index (κ2) is 12.3. The largest absolute Gasteiger partial charge is 0.444 e. The van der Waals surface area contributed by atoms with Gasteiger partial charge in [-0.1, -0.05) is 41.5 Å². The number of non-ortho nitro benzene ring substituents is 1. The van der Waals surface area contributed by atoms with Crippen LogP contribution in [0.15, 0.2) is 24.3 Å². The maximum absolute atomic E-state index is 13.8. The van der Waals surface area contributed by atoms with Gasteiger partial charge in [0.2, 0.25) is 0 Å². The van der Waals surface area contributed by atoms with Gasteiger partial charge in [-0.3, -0.25) is 15.0 Å². The van der Waals surface area contributed by atoms with Gasteiger partial charge in [0.25, 0.3) is 5.69 Å². The summed E-state index contributed by atoms with van der Waals surface area (Å²) >= 11 is 0. The van der Waals surface area contributed by atoms with Crippen LogP contribution in [0.5, 0.6) is 0 Å². The lowest BCUT2D eigenvalue weighted by Crippen LogP contribution is -2.60. The van der Waals surface area contributed by atoms with Crippen molar-refractivity contribution in [2.75, 3.05) is 6.54 Å². The van der Waals surface area contributed by atoms with E-state index in [1.807, 2.05) is 4.90 Å². The van der Waals surface area contributed by atoms with Gasteiger partial charge in [-0.05, 0) is 147 Å². The number of amides is 1. The van der Waals surface area contributed by atoms with Crippen molar-refractivity contribution in [1.82, 2.24) is 4.90 Å². The van der Waals surface area contributed by atoms with Crippen LogP contribution in [0.3, 0.4) is 0 Å². The van der Waals surface area contributed by atoms with Gasteiger partial charge in [0.1, 0.15) is 12.3 Å². The zero-order chi connectivity index (χ0) is 35.1. The Hall–Kier alpha value is -1.97. The first kappa shape index (κ1) is 35.4. The van der Waals surface area contributed by atoms with Gasteiger partial charge >= 0.3 is 6.09 Å². The fourth-order valence-electron chi connectivity index (χ4n) is 12.4. The lowest BCUT2D eigenvalue weighted by atomic mass is 9.44. The Morgan fingerprint density at radius 1 is 1.00 bits per heavy atom. The average molecular weight is 695 g/mol. The predicted octanol–water partition coefficient (Wildman–Crippen LogP) is 10.1. The molecule has 2 aliphatic heterocycles. The fraction of sp³-hybridized carbons (Fsp3) is 0.825. The van der Waals surface area contributed by atoms with Crippen molar-refractivity contribution in [1.29, 1.82) is 0 Å². The lowest BCUT2D eigenvalue weighted by Gasteiger charge is -2.62. The van der Waals surface area contributed by atoms with Crippen molar-refractivity contribution >= 4 is 20.1 Å². The summed E-state index contributed by atoms with van der Waals surface area (Å²) < 4.78 is 20.1. The Balaban J connectivity index is 1.04. The number of fused-ring (bicyclic) bond motifs is 7. The molecule has 4 aliphatic carbocycles. The first-order valence-corrected chi connectivity index (χ1v) is 22.4. The highest BCUT2D eigenvalue weighted by molar-refractivity contribution is 6.74. The molecular formula is C40H62N2O6Si. The summed E-state index contributed by atoms with van der Waals surface area (Å²) in [7, 11) is -1.78. The normalized spacial score (nSPS) is 41.8. The van der Waals surface area contributed by atoms with E-state index >= 15 is 0 Å². The van der Waals surface area contributed by atoms with E-state index in [4.69, 9.17) is 13.9 Å². The molecule has 272 valence electrons. The molecular weight excluding hydrogens is 633 g/mol. The van der Waals surface area contributed by atoms with Gasteiger partial charge < -0.3 is 13.9 Å². The molecule has 11 atom stereocenters. The monoisotopic (exact) mass is 694 g/mol. The number of carbonyl (C=O) groups excluding carboxylic acids is 1. The van der Waals surface area contributed by atoms with Crippen LogP contribution in [0.4, 0.5) is 10.5 Å². The highest BCUT2D eigenvalue weighted by Gasteiger charge is 2.70. The SMILES string of the molecule is C[C@H]1[C@H]2[C@H](C[C@H]3[C@@H]4CC[C@H]5C[C@@H](O[Si](C)(C)C(C)(C)C)CC[C@]5(C)[C@H]4CC[C@]23C)O[C@@]12CCCCN2C(=O)OCc1ccc([N+](=O)[O-])cc1.